The van der Waals surface area contributed by atoms with Gasteiger partial charge < -0.3 is 15.8 Å². The molecule has 3 heteroatoms. The van der Waals surface area contributed by atoms with E-state index in [-0.39, 0.29) is 0 Å². The zero-order valence-corrected chi connectivity index (χ0v) is 13.1. The van der Waals surface area contributed by atoms with Gasteiger partial charge in [0.05, 0.1) is 12.8 Å². The molecule has 2 aromatic rings. The predicted molar refractivity (Wildman–Crippen MR) is 90.1 cm³/mol. The maximum Gasteiger partial charge on any atom is 0.141 e. The number of hydrogen-bond donors (Lipinski definition) is 2. The highest BCUT2D eigenvalue weighted by molar-refractivity contribution is 5.54. The fraction of sp³-hybridized carbons (Fsp3) is 0.333. The molecule has 2 aromatic carbocycles. The molecule has 0 atom stereocenters. The van der Waals surface area contributed by atoms with Crippen molar-refractivity contribution in [3.8, 4) is 5.75 Å². The van der Waals surface area contributed by atoms with E-state index in [1.165, 1.54) is 22.4 Å². The van der Waals surface area contributed by atoms with Crippen molar-refractivity contribution < 1.29 is 4.74 Å². The van der Waals surface area contributed by atoms with Crippen molar-refractivity contribution in [1.82, 2.24) is 0 Å². The van der Waals surface area contributed by atoms with Crippen LogP contribution in [0.2, 0.25) is 0 Å². The van der Waals surface area contributed by atoms with Crippen LogP contribution in [-0.2, 0) is 6.42 Å². The summed E-state index contributed by atoms with van der Waals surface area (Å²) in [5.74, 6) is 0.743. The summed E-state index contributed by atoms with van der Waals surface area (Å²) in [4.78, 5) is 0. The van der Waals surface area contributed by atoms with Crippen LogP contribution in [0.25, 0.3) is 0 Å². The molecule has 0 saturated heterocycles. The van der Waals surface area contributed by atoms with E-state index in [1.54, 1.807) is 7.11 Å². The summed E-state index contributed by atoms with van der Waals surface area (Å²) in [6.45, 7) is 5.21. The molecule has 0 spiro atoms. The fourth-order valence-corrected chi connectivity index (χ4v) is 2.47. The van der Waals surface area contributed by atoms with Crippen LogP contribution in [0.4, 0.5) is 11.4 Å². The maximum absolute atomic E-state index is 5.92. The van der Waals surface area contributed by atoms with Gasteiger partial charge in [-0.3, -0.25) is 0 Å². The van der Waals surface area contributed by atoms with Crippen LogP contribution in [-0.4, -0.2) is 13.7 Å². The highest BCUT2D eigenvalue weighted by atomic mass is 16.5. The number of nitrogen functional groups attached to an aromatic ring is 1. The molecular weight excluding hydrogens is 260 g/mol. The minimum absolute atomic E-state index is 0.706. The maximum atomic E-state index is 5.92. The fourth-order valence-electron chi connectivity index (χ4n) is 2.47. The Labute approximate surface area is 127 Å². The minimum Gasteiger partial charge on any atom is -0.495 e. The molecule has 0 aliphatic carbocycles. The van der Waals surface area contributed by atoms with Crippen LogP contribution >= 0.6 is 0 Å². The molecular formula is C18H24N2O. The molecule has 0 fully saturated rings. The number of aryl methyl sites for hydroxylation is 3. The van der Waals surface area contributed by atoms with Crippen molar-refractivity contribution in [3.63, 3.8) is 0 Å². The lowest BCUT2D eigenvalue weighted by atomic mass is 10.1. The Balaban J connectivity index is 1.83. The molecule has 112 valence electrons. The molecule has 0 aromatic heterocycles. The van der Waals surface area contributed by atoms with Crippen LogP contribution in [0.3, 0.4) is 0 Å². The normalized spacial score (nSPS) is 10.4. The summed E-state index contributed by atoms with van der Waals surface area (Å²) in [6.07, 6.45) is 2.07. The molecule has 0 bridgehead atoms. The molecule has 21 heavy (non-hydrogen) atoms. The highest BCUT2D eigenvalue weighted by Crippen LogP contribution is 2.22. The topological polar surface area (TPSA) is 47.3 Å². The number of nitrogens with two attached hydrogens (primary N) is 1. The van der Waals surface area contributed by atoms with Gasteiger partial charge in [-0.2, -0.15) is 0 Å². The van der Waals surface area contributed by atoms with Gasteiger partial charge in [0.25, 0.3) is 0 Å². The van der Waals surface area contributed by atoms with Crippen molar-refractivity contribution in [3.05, 3.63) is 53.1 Å². The van der Waals surface area contributed by atoms with Crippen molar-refractivity contribution >= 4 is 11.4 Å². The Morgan fingerprint density at radius 3 is 2.57 bits per heavy atom. The summed E-state index contributed by atoms with van der Waals surface area (Å²) in [5, 5.41) is 3.49. The van der Waals surface area contributed by atoms with Crippen LogP contribution in [0.1, 0.15) is 23.1 Å². The zero-order valence-electron chi connectivity index (χ0n) is 13.1. The number of rotatable bonds is 6. The second-order valence-electron chi connectivity index (χ2n) is 5.43. The molecule has 0 unspecified atom stereocenters. The van der Waals surface area contributed by atoms with Gasteiger partial charge in [0.15, 0.2) is 0 Å². The minimum atomic E-state index is 0.706. The number of methoxy groups -OCH3 is 1. The molecule has 0 aliphatic heterocycles. The Bertz CT molecular complexity index is 608. The Hall–Kier alpha value is -2.16. The van der Waals surface area contributed by atoms with Crippen molar-refractivity contribution in [2.75, 3.05) is 24.7 Å². The second-order valence-corrected chi connectivity index (χ2v) is 5.43. The summed E-state index contributed by atoms with van der Waals surface area (Å²) < 4.78 is 5.17. The molecule has 0 heterocycles. The lowest BCUT2D eigenvalue weighted by Gasteiger charge is -2.11. The zero-order chi connectivity index (χ0) is 15.2. The first kappa shape index (κ1) is 15.2. The third-order valence-electron chi connectivity index (χ3n) is 3.63. The molecule has 0 amide bonds. The number of hydrogen-bond acceptors (Lipinski definition) is 3. The third kappa shape index (κ3) is 4.15. The van der Waals surface area contributed by atoms with Gasteiger partial charge in [0, 0.05) is 12.2 Å². The van der Waals surface area contributed by atoms with Crippen LogP contribution < -0.4 is 15.8 Å². The summed E-state index contributed by atoms with van der Waals surface area (Å²) in [7, 11) is 1.64. The lowest BCUT2D eigenvalue weighted by Crippen LogP contribution is -2.04. The van der Waals surface area contributed by atoms with Crippen molar-refractivity contribution in [1.29, 1.82) is 0 Å². The number of nitrogens with one attached hydrogen (secondary N) is 1. The van der Waals surface area contributed by atoms with Gasteiger partial charge in [-0.25, -0.2) is 0 Å². The average molecular weight is 284 g/mol. The Kier molecular flexibility index (Phi) is 5.09. The first-order valence-corrected chi connectivity index (χ1v) is 7.33. The number of ether oxygens (including phenoxy) is 1. The van der Waals surface area contributed by atoms with E-state index in [2.05, 4.69) is 43.4 Å². The first-order chi connectivity index (χ1) is 10.1. The van der Waals surface area contributed by atoms with Gasteiger partial charge in [-0.15, -0.1) is 0 Å². The van der Waals surface area contributed by atoms with E-state index >= 15 is 0 Å². The van der Waals surface area contributed by atoms with Gasteiger partial charge in [0.2, 0.25) is 0 Å². The Morgan fingerprint density at radius 2 is 1.90 bits per heavy atom. The van der Waals surface area contributed by atoms with E-state index in [9.17, 15) is 0 Å². The van der Waals surface area contributed by atoms with Crippen LogP contribution in [0, 0.1) is 13.8 Å². The van der Waals surface area contributed by atoms with E-state index < -0.39 is 0 Å². The van der Waals surface area contributed by atoms with Crippen LogP contribution in [0.5, 0.6) is 5.75 Å². The SMILES string of the molecule is COc1ccc(CCCNc2ccc(C)cc2C)cc1N. The molecule has 3 nitrogen and oxygen atoms in total. The highest BCUT2D eigenvalue weighted by Gasteiger charge is 2.01. The van der Waals surface area contributed by atoms with E-state index in [0.29, 0.717) is 5.69 Å². The first-order valence-electron chi connectivity index (χ1n) is 7.33. The smallest absolute Gasteiger partial charge is 0.141 e. The standard InChI is InChI=1S/C18H24N2O/c1-13-6-8-17(14(2)11-13)20-10-4-5-15-7-9-18(21-3)16(19)12-15/h6-9,11-12,20H,4-5,10,19H2,1-3H3. The summed E-state index contributed by atoms with van der Waals surface area (Å²) in [6, 6.07) is 12.5. The van der Waals surface area contributed by atoms with Gasteiger partial charge in [0.1, 0.15) is 5.75 Å². The number of benzene rings is 2. The Morgan fingerprint density at radius 1 is 1.10 bits per heavy atom. The van der Waals surface area contributed by atoms with E-state index in [0.717, 1.165) is 25.1 Å². The quantitative estimate of drug-likeness (QED) is 0.624. The predicted octanol–water partition coefficient (Wildman–Crippen LogP) is 3.94. The average Bonchev–Trinajstić information content (AvgIpc) is 2.45. The second kappa shape index (κ2) is 7.02. The molecule has 0 radical (unpaired) electrons. The molecule has 0 saturated carbocycles. The monoisotopic (exact) mass is 284 g/mol. The molecule has 2 rings (SSSR count). The summed E-state index contributed by atoms with van der Waals surface area (Å²) >= 11 is 0. The number of anilines is 2. The van der Waals surface area contributed by atoms with E-state index in [4.69, 9.17) is 10.5 Å². The molecule has 3 N–H and O–H groups in total. The van der Waals surface area contributed by atoms with E-state index in [1.807, 2.05) is 12.1 Å². The van der Waals surface area contributed by atoms with Gasteiger partial charge in [-0.1, -0.05) is 23.8 Å². The molecule has 0 aliphatic rings. The largest absolute Gasteiger partial charge is 0.495 e. The van der Waals surface area contributed by atoms with Crippen LogP contribution in [0.15, 0.2) is 36.4 Å². The summed E-state index contributed by atoms with van der Waals surface area (Å²) in [5.41, 5.74) is 11.7. The van der Waals surface area contributed by atoms with Crippen molar-refractivity contribution in [2.24, 2.45) is 0 Å². The lowest BCUT2D eigenvalue weighted by molar-refractivity contribution is 0.417. The van der Waals surface area contributed by atoms with Gasteiger partial charge in [-0.05, 0) is 56.0 Å². The van der Waals surface area contributed by atoms with Crippen molar-refractivity contribution in [2.45, 2.75) is 26.7 Å². The third-order valence-corrected chi connectivity index (χ3v) is 3.63. The van der Waals surface area contributed by atoms with Gasteiger partial charge >= 0.3 is 0 Å².